The standard InChI is InChI=1S/C25H22N2O4/c1-29-18-9-7-15(22(12-18)30-2)13-26-17-8-10-19-16(11-17)14-31-24(19)23-20-5-3-4-6-21(20)27-25(23)28/h3-12,26H,13-14H2,1-2H3,(H,27,28). The lowest BCUT2D eigenvalue weighted by molar-refractivity contribution is -0.110. The van der Waals surface area contributed by atoms with Crippen molar-refractivity contribution in [2.45, 2.75) is 13.2 Å². The number of nitrogens with one attached hydrogen (secondary N) is 2. The summed E-state index contributed by atoms with van der Waals surface area (Å²) in [5, 5.41) is 6.35. The predicted octanol–water partition coefficient (Wildman–Crippen LogP) is 4.67. The molecular formula is C25H22N2O4. The first kappa shape index (κ1) is 19.1. The Hall–Kier alpha value is -3.93. The summed E-state index contributed by atoms with van der Waals surface area (Å²) in [6.07, 6.45) is 0. The van der Waals surface area contributed by atoms with Crippen LogP contribution in [0.5, 0.6) is 11.5 Å². The molecule has 2 heterocycles. The number of ether oxygens (including phenoxy) is 3. The zero-order chi connectivity index (χ0) is 21.4. The van der Waals surface area contributed by atoms with Crippen molar-refractivity contribution in [2.75, 3.05) is 24.9 Å². The zero-order valence-electron chi connectivity index (χ0n) is 17.3. The lowest BCUT2D eigenvalue weighted by Crippen LogP contribution is -2.05. The van der Waals surface area contributed by atoms with E-state index in [9.17, 15) is 4.79 Å². The summed E-state index contributed by atoms with van der Waals surface area (Å²) in [6, 6.07) is 19.5. The van der Waals surface area contributed by atoms with Crippen LogP contribution in [-0.2, 0) is 22.7 Å². The highest BCUT2D eigenvalue weighted by molar-refractivity contribution is 6.36. The molecule has 0 bridgehead atoms. The number of hydrogen-bond acceptors (Lipinski definition) is 5. The van der Waals surface area contributed by atoms with Crippen LogP contribution in [0.2, 0.25) is 0 Å². The molecule has 2 N–H and O–H groups in total. The van der Waals surface area contributed by atoms with Crippen LogP contribution in [0.4, 0.5) is 11.4 Å². The quantitative estimate of drug-likeness (QED) is 0.594. The summed E-state index contributed by atoms with van der Waals surface area (Å²) in [6.45, 7) is 1.04. The van der Waals surface area contributed by atoms with Gasteiger partial charge in [-0.2, -0.15) is 0 Å². The zero-order valence-corrected chi connectivity index (χ0v) is 17.3. The molecule has 1 amide bonds. The summed E-state index contributed by atoms with van der Waals surface area (Å²) in [4.78, 5) is 12.6. The van der Waals surface area contributed by atoms with Gasteiger partial charge in [0.15, 0.2) is 0 Å². The third-order valence-corrected chi connectivity index (χ3v) is 5.60. The van der Waals surface area contributed by atoms with Crippen LogP contribution in [0.25, 0.3) is 11.3 Å². The van der Waals surface area contributed by atoms with Gasteiger partial charge in [-0.3, -0.25) is 4.79 Å². The molecule has 6 nitrogen and oxygen atoms in total. The van der Waals surface area contributed by atoms with E-state index in [1.165, 1.54) is 0 Å². The van der Waals surface area contributed by atoms with Gasteiger partial charge in [0.05, 0.1) is 19.8 Å². The van der Waals surface area contributed by atoms with Crippen LogP contribution in [0.15, 0.2) is 60.7 Å². The van der Waals surface area contributed by atoms with E-state index >= 15 is 0 Å². The number of benzene rings is 3. The Morgan fingerprint density at radius 1 is 1.00 bits per heavy atom. The van der Waals surface area contributed by atoms with E-state index in [4.69, 9.17) is 14.2 Å². The average Bonchev–Trinajstić information content (AvgIpc) is 3.36. The van der Waals surface area contributed by atoms with Crippen LogP contribution in [-0.4, -0.2) is 20.1 Å². The van der Waals surface area contributed by atoms with Crippen LogP contribution < -0.4 is 20.1 Å². The van der Waals surface area contributed by atoms with Crippen molar-refractivity contribution in [2.24, 2.45) is 0 Å². The van der Waals surface area contributed by atoms with E-state index < -0.39 is 0 Å². The molecule has 0 atom stereocenters. The second-order valence-corrected chi connectivity index (χ2v) is 7.40. The number of amides is 1. The minimum Gasteiger partial charge on any atom is -0.497 e. The van der Waals surface area contributed by atoms with Gasteiger partial charge in [-0.15, -0.1) is 0 Å². The van der Waals surface area contributed by atoms with Crippen molar-refractivity contribution < 1.29 is 19.0 Å². The molecular weight excluding hydrogens is 392 g/mol. The number of fused-ring (bicyclic) bond motifs is 2. The number of anilines is 2. The molecule has 0 saturated heterocycles. The van der Waals surface area contributed by atoms with Crippen LogP contribution >= 0.6 is 0 Å². The van der Waals surface area contributed by atoms with E-state index in [2.05, 4.69) is 16.7 Å². The largest absolute Gasteiger partial charge is 0.497 e. The van der Waals surface area contributed by atoms with Crippen molar-refractivity contribution in [3.8, 4) is 11.5 Å². The Bertz CT molecular complexity index is 1220. The maximum Gasteiger partial charge on any atom is 0.260 e. The third-order valence-electron chi connectivity index (χ3n) is 5.60. The van der Waals surface area contributed by atoms with Gasteiger partial charge in [0.2, 0.25) is 0 Å². The van der Waals surface area contributed by atoms with Gasteiger partial charge >= 0.3 is 0 Å². The van der Waals surface area contributed by atoms with E-state index in [1.807, 2.05) is 54.6 Å². The van der Waals surface area contributed by atoms with Crippen molar-refractivity contribution in [1.29, 1.82) is 0 Å². The number of para-hydroxylation sites is 1. The second kappa shape index (κ2) is 7.72. The van der Waals surface area contributed by atoms with Crippen LogP contribution in [0.1, 0.15) is 22.3 Å². The fourth-order valence-electron chi connectivity index (χ4n) is 4.02. The Kier molecular flexibility index (Phi) is 4.75. The van der Waals surface area contributed by atoms with Gasteiger partial charge in [0.1, 0.15) is 23.9 Å². The predicted molar refractivity (Wildman–Crippen MR) is 120 cm³/mol. The Morgan fingerprint density at radius 3 is 2.71 bits per heavy atom. The number of rotatable bonds is 5. The summed E-state index contributed by atoms with van der Waals surface area (Å²) < 4.78 is 16.7. The molecule has 156 valence electrons. The molecule has 6 heteroatoms. The normalized spacial score (nSPS) is 16.3. The molecule has 2 aliphatic rings. The molecule has 0 radical (unpaired) electrons. The van der Waals surface area contributed by atoms with E-state index in [0.29, 0.717) is 24.5 Å². The lowest BCUT2D eigenvalue weighted by Gasteiger charge is -2.12. The summed E-state index contributed by atoms with van der Waals surface area (Å²) in [5.74, 6) is 2.04. The Morgan fingerprint density at radius 2 is 1.87 bits per heavy atom. The SMILES string of the molecule is COc1ccc(CNc2ccc3c(c2)COC3=C2C(=O)Nc3ccccc32)c(OC)c1. The van der Waals surface area contributed by atoms with Crippen molar-refractivity contribution in [3.05, 3.63) is 82.9 Å². The van der Waals surface area contributed by atoms with Gasteiger partial charge < -0.3 is 24.8 Å². The highest BCUT2D eigenvalue weighted by atomic mass is 16.5. The Labute approximate surface area is 180 Å². The number of carbonyl (C=O) groups excluding carboxylic acids is 1. The molecule has 5 rings (SSSR count). The monoisotopic (exact) mass is 414 g/mol. The van der Waals surface area contributed by atoms with Crippen molar-refractivity contribution in [1.82, 2.24) is 0 Å². The number of methoxy groups -OCH3 is 2. The molecule has 2 aliphatic heterocycles. The summed E-state index contributed by atoms with van der Waals surface area (Å²) in [5.41, 5.74) is 6.30. The molecule has 0 unspecified atom stereocenters. The van der Waals surface area contributed by atoms with Gasteiger partial charge in [0.25, 0.3) is 5.91 Å². The molecule has 31 heavy (non-hydrogen) atoms. The van der Waals surface area contributed by atoms with E-state index in [1.54, 1.807) is 14.2 Å². The van der Waals surface area contributed by atoms with Gasteiger partial charge in [0, 0.05) is 46.2 Å². The third kappa shape index (κ3) is 3.36. The lowest BCUT2D eigenvalue weighted by atomic mass is 10.00. The molecule has 3 aromatic rings. The number of carbonyl (C=O) groups is 1. The fourth-order valence-corrected chi connectivity index (χ4v) is 4.02. The first-order valence-corrected chi connectivity index (χ1v) is 10.0. The second-order valence-electron chi connectivity index (χ2n) is 7.40. The van der Waals surface area contributed by atoms with Crippen molar-refractivity contribution in [3.63, 3.8) is 0 Å². The molecule has 3 aromatic carbocycles. The maximum atomic E-state index is 12.6. The highest BCUT2D eigenvalue weighted by Gasteiger charge is 2.32. The van der Waals surface area contributed by atoms with E-state index in [0.717, 1.165) is 45.1 Å². The molecule has 0 fully saturated rings. The minimum absolute atomic E-state index is 0.127. The number of hydrogen-bond donors (Lipinski definition) is 2. The molecule has 0 saturated carbocycles. The summed E-state index contributed by atoms with van der Waals surface area (Å²) in [7, 11) is 3.29. The smallest absolute Gasteiger partial charge is 0.260 e. The minimum atomic E-state index is -0.127. The topological polar surface area (TPSA) is 68.8 Å². The van der Waals surface area contributed by atoms with Gasteiger partial charge in [-0.05, 0) is 36.4 Å². The van der Waals surface area contributed by atoms with Crippen molar-refractivity contribution >= 4 is 28.6 Å². The highest BCUT2D eigenvalue weighted by Crippen LogP contribution is 2.42. The average molecular weight is 414 g/mol. The van der Waals surface area contributed by atoms with Crippen LogP contribution in [0, 0.1) is 0 Å². The van der Waals surface area contributed by atoms with Crippen LogP contribution in [0.3, 0.4) is 0 Å². The first-order valence-electron chi connectivity index (χ1n) is 10.0. The molecule has 0 aromatic heterocycles. The molecule has 0 spiro atoms. The van der Waals surface area contributed by atoms with E-state index in [-0.39, 0.29) is 5.91 Å². The van der Waals surface area contributed by atoms with Gasteiger partial charge in [-0.1, -0.05) is 18.2 Å². The maximum absolute atomic E-state index is 12.6. The Balaban J connectivity index is 1.40. The fraction of sp³-hybridized carbons (Fsp3) is 0.160. The molecule has 0 aliphatic carbocycles. The first-order chi connectivity index (χ1) is 15.2. The van der Waals surface area contributed by atoms with Gasteiger partial charge in [-0.25, -0.2) is 0 Å². The summed E-state index contributed by atoms with van der Waals surface area (Å²) >= 11 is 0.